The van der Waals surface area contributed by atoms with Crippen molar-refractivity contribution in [1.29, 1.82) is 0 Å². The van der Waals surface area contributed by atoms with Crippen molar-refractivity contribution in [3.05, 3.63) is 27.9 Å². The van der Waals surface area contributed by atoms with Gasteiger partial charge < -0.3 is 5.32 Å². The number of halogens is 1. The van der Waals surface area contributed by atoms with Crippen LogP contribution in [0.4, 0.5) is 0 Å². The zero-order chi connectivity index (χ0) is 12.3. The second-order valence-corrected chi connectivity index (χ2v) is 5.54. The molecule has 0 aliphatic rings. The lowest BCUT2D eigenvalue weighted by molar-refractivity contribution is 0.590. The third-order valence-electron chi connectivity index (χ3n) is 2.27. The molecular weight excluding hydrogens is 300 g/mol. The summed E-state index contributed by atoms with van der Waals surface area (Å²) in [5, 5.41) is 13.6. The molecule has 2 rings (SSSR count). The highest BCUT2D eigenvalue weighted by Crippen LogP contribution is 2.27. The van der Waals surface area contributed by atoms with Crippen LogP contribution in [0.3, 0.4) is 0 Å². The molecule has 0 fully saturated rings. The van der Waals surface area contributed by atoms with Crippen LogP contribution >= 0.6 is 27.3 Å². The van der Waals surface area contributed by atoms with E-state index in [0.717, 1.165) is 26.6 Å². The Morgan fingerprint density at radius 1 is 1.41 bits per heavy atom. The number of rotatable bonds is 4. The molecular formula is C11H13BrN4S. The number of nitrogens with zero attached hydrogens (tertiary/aromatic N) is 3. The van der Waals surface area contributed by atoms with E-state index in [2.05, 4.69) is 50.3 Å². The maximum atomic E-state index is 4.20. The molecule has 17 heavy (non-hydrogen) atoms. The SMILES string of the molecule is CCNC(C)c1nnc(-c2cncc(Br)c2)s1. The molecule has 1 N–H and O–H groups in total. The van der Waals surface area contributed by atoms with E-state index < -0.39 is 0 Å². The summed E-state index contributed by atoms with van der Waals surface area (Å²) in [5.74, 6) is 0. The number of aromatic nitrogens is 3. The van der Waals surface area contributed by atoms with Gasteiger partial charge in [-0.3, -0.25) is 4.98 Å². The molecule has 0 aromatic carbocycles. The van der Waals surface area contributed by atoms with Gasteiger partial charge in [-0.15, -0.1) is 10.2 Å². The Bertz CT molecular complexity index is 500. The summed E-state index contributed by atoms with van der Waals surface area (Å²) in [5.41, 5.74) is 0.992. The number of hydrogen-bond donors (Lipinski definition) is 1. The minimum Gasteiger partial charge on any atom is -0.308 e. The molecule has 0 amide bonds. The van der Waals surface area contributed by atoms with E-state index in [-0.39, 0.29) is 6.04 Å². The lowest BCUT2D eigenvalue weighted by Gasteiger charge is -2.06. The average Bonchev–Trinajstić information content (AvgIpc) is 2.78. The molecule has 90 valence electrons. The van der Waals surface area contributed by atoms with Crippen LogP contribution in [-0.4, -0.2) is 21.7 Å². The third-order valence-corrected chi connectivity index (χ3v) is 3.86. The van der Waals surface area contributed by atoms with E-state index in [1.807, 2.05) is 6.07 Å². The maximum absolute atomic E-state index is 4.20. The standard InChI is InChI=1S/C11H13BrN4S/c1-3-14-7(2)10-15-16-11(17-10)8-4-9(12)6-13-5-8/h4-7,14H,3H2,1-2H3. The quantitative estimate of drug-likeness (QED) is 0.942. The lowest BCUT2D eigenvalue weighted by Crippen LogP contribution is -2.17. The van der Waals surface area contributed by atoms with Gasteiger partial charge in [0, 0.05) is 22.4 Å². The van der Waals surface area contributed by atoms with E-state index >= 15 is 0 Å². The Kier molecular flexibility index (Phi) is 4.20. The molecule has 0 saturated heterocycles. The van der Waals surface area contributed by atoms with E-state index in [1.54, 1.807) is 23.7 Å². The van der Waals surface area contributed by atoms with Crippen LogP contribution in [0.1, 0.15) is 24.9 Å². The minimum absolute atomic E-state index is 0.242. The highest BCUT2D eigenvalue weighted by atomic mass is 79.9. The molecule has 1 atom stereocenters. The summed E-state index contributed by atoms with van der Waals surface area (Å²) in [6.45, 7) is 5.10. The van der Waals surface area contributed by atoms with Crippen LogP contribution < -0.4 is 5.32 Å². The van der Waals surface area contributed by atoms with Crippen LogP contribution in [0, 0.1) is 0 Å². The predicted octanol–water partition coefficient (Wildman–Crippen LogP) is 3.03. The van der Waals surface area contributed by atoms with Crippen molar-refractivity contribution in [1.82, 2.24) is 20.5 Å². The predicted molar refractivity (Wildman–Crippen MR) is 72.9 cm³/mol. The summed E-state index contributed by atoms with van der Waals surface area (Å²) in [6, 6.07) is 2.24. The van der Waals surface area contributed by atoms with E-state index in [1.165, 1.54) is 0 Å². The Labute approximate surface area is 113 Å². The topological polar surface area (TPSA) is 50.7 Å². The van der Waals surface area contributed by atoms with E-state index in [4.69, 9.17) is 0 Å². The Morgan fingerprint density at radius 2 is 2.24 bits per heavy atom. The first-order chi connectivity index (χ1) is 8.20. The van der Waals surface area contributed by atoms with Crippen molar-refractivity contribution < 1.29 is 0 Å². The zero-order valence-electron chi connectivity index (χ0n) is 9.64. The van der Waals surface area contributed by atoms with E-state index in [9.17, 15) is 0 Å². The normalized spacial score (nSPS) is 12.6. The van der Waals surface area contributed by atoms with Crippen molar-refractivity contribution in [2.24, 2.45) is 0 Å². The second-order valence-electron chi connectivity index (χ2n) is 3.62. The Balaban J connectivity index is 2.23. The van der Waals surface area contributed by atoms with Crippen molar-refractivity contribution in [2.75, 3.05) is 6.54 Å². The summed E-state index contributed by atoms with van der Waals surface area (Å²) in [6.07, 6.45) is 3.56. The van der Waals surface area contributed by atoms with Gasteiger partial charge in [-0.1, -0.05) is 18.3 Å². The fraction of sp³-hybridized carbons (Fsp3) is 0.364. The maximum Gasteiger partial charge on any atom is 0.149 e. The molecule has 4 nitrogen and oxygen atoms in total. The van der Waals surface area contributed by atoms with Crippen molar-refractivity contribution in [3.63, 3.8) is 0 Å². The summed E-state index contributed by atoms with van der Waals surface area (Å²) in [7, 11) is 0. The number of nitrogens with one attached hydrogen (secondary N) is 1. The third kappa shape index (κ3) is 3.08. The summed E-state index contributed by atoms with van der Waals surface area (Å²) >= 11 is 5.00. The van der Waals surface area contributed by atoms with Crippen LogP contribution in [0.2, 0.25) is 0 Å². The molecule has 0 spiro atoms. The van der Waals surface area contributed by atoms with Gasteiger partial charge in [0.25, 0.3) is 0 Å². The zero-order valence-corrected chi connectivity index (χ0v) is 12.0. The molecule has 0 bridgehead atoms. The molecule has 2 heterocycles. The fourth-order valence-corrected chi connectivity index (χ4v) is 2.66. The molecule has 0 saturated carbocycles. The van der Waals surface area contributed by atoms with Gasteiger partial charge in [0.05, 0.1) is 6.04 Å². The van der Waals surface area contributed by atoms with Gasteiger partial charge in [-0.05, 0) is 35.5 Å². The average molecular weight is 313 g/mol. The van der Waals surface area contributed by atoms with Crippen LogP contribution in [0.15, 0.2) is 22.9 Å². The van der Waals surface area contributed by atoms with Gasteiger partial charge in [0.15, 0.2) is 0 Å². The number of pyridine rings is 1. The molecule has 0 aliphatic heterocycles. The molecule has 0 aliphatic carbocycles. The summed E-state index contributed by atoms with van der Waals surface area (Å²) < 4.78 is 0.950. The first-order valence-corrected chi connectivity index (χ1v) is 6.99. The monoisotopic (exact) mass is 312 g/mol. The van der Waals surface area contributed by atoms with E-state index in [0.29, 0.717) is 0 Å². The van der Waals surface area contributed by atoms with Crippen molar-refractivity contribution in [3.8, 4) is 10.6 Å². The van der Waals surface area contributed by atoms with Gasteiger partial charge in [0.1, 0.15) is 10.0 Å². The molecule has 2 aromatic heterocycles. The highest BCUT2D eigenvalue weighted by Gasteiger charge is 2.12. The van der Waals surface area contributed by atoms with Gasteiger partial charge >= 0.3 is 0 Å². The number of hydrogen-bond acceptors (Lipinski definition) is 5. The van der Waals surface area contributed by atoms with Crippen LogP contribution in [-0.2, 0) is 0 Å². The van der Waals surface area contributed by atoms with Gasteiger partial charge in [-0.25, -0.2) is 0 Å². The van der Waals surface area contributed by atoms with Gasteiger partial charge in [0.2, 0.25) is 0 Å². The first-order valence-electron chi connectivity index (χ1n) is 5.38. The molecule has 2 aromatic rings. The Morgan fingerprint density at radius 3 is 2.94 bits per heavy atom. The first kappa shape index (κ1) is 12.6. The van der Waals surface area contributed by atoms with Crippen LogP contribution in [0.5, 0.6) is 0 Å². The Hall–Kier alpha value is -0.850. The van der Waals surface area contributed by atoms with Crippen molar-refractivity contribution in [2.45, 2.75) is 19.9 Å². The lowest BCUT2D eigenvalue weighted by atomic mass is 10.3. The second kappa shape index (κ2) is 5.66. The van der Waals surface area contributed by atoms with Crippen molar-refractivity contribution >= 4 is 27.3 Å². The van der Waals surface area contributed by atoms with Crippen LogP contribution in [0.25, 0.3) is 10.6 Å². The molecule has 0 radical (unpaired) electrons. The largest absolute Gasteiger partial charge is 0.308 e. The molecule has 1 unspecified atom stereocenters. The smallest absolute Gasteiger partial charge is 0.149 e. The van der Waals surface area contributed by atoms with Gasteiger partial charge in [-0.2, -0.15) is 0 Å². The fourth-order valence-electron chi connectivity index (χ4n) is 1.45. The summed E-state index contributed by atoms with van der Waals surface area (Å²) in [4.78, 5) is 4.13. The minimum atomic E-state index is 0.242. The molecule has 6 heteroatoms. The highest BCUT2D eigenvalue weighted by molar-refractivity contribution is 9.10.